The molecule has 0 aliphatic rings. The number of carbonyl (C=O) groups excluding carboxylic acids is 1. The van der Waals surface area contributed by atoms with Gasteiger partial charge in [0.2, 0.25) is 0 Å². The topological polar surface area (TPSA) is 78.9 Å². The van der Waals surface area contributed by atoms with Crippen molar-refractivity contribution in [3.8, 4) is 6.07 Å². The van der Waals surface area contributed by atoms with Crippen molar-refractivity contribution in [1.29, 1.82) is 5.26 Å². The number of benzene rings is 2. The number of nitrogen functional groups attached to an aromatic ring is 1. The van der Waals surface area contributed by atoms with Gasteiger partial charge in [-0.25, -0.2) is 4.39 Å². The molecule has 2 rings (SSSR count). The number of rotatable bonds is 2. The summed E-state index contributed by atoms with van der Waals surface area (Å²) in [6.45, 7) is 1.77. The number of nitrogens with one attached hydrogen (secondary N) is 1. The number of nitrogens with zero attached hydrogens (tertiary/aromatic N) is 1. The Morgan fingerprint density at radius 3 is 2.70 bits per heavy atom. The molecule has 0 aliphatic carbocycles. The van der Waals surface area contributed by atoms with Gasteiger partial charge in [0.05, 0.1) is 22.5 Å². The predicted molar refractivity (Wildman–Crippen MR) is 74.7 cm³/mol. The molecule has 0 heterocycles. The second kappa shape index (κ2) is 5.41. The Morgan fingerprint density at radius 2 is 2.00 bits per heavy atom. The fourth-order valence-electron chi connectivity index (χ4n) is 1.85. The second-order valence-corrected chi connectivity index (χ2v) is 4.26. The summed E-state index contributed by atoms with van der Waals surface area (Å²) < 4.78 is 13.3. The third kappa shape index (κ3) is 2.45. The summed E-state index contributed by atoms with van der Waals surface area (Å²) in [6.07, 6.45) is 0. The van der Waals surface area contributed by atoms with Crippen LogP contribution in [0.5, 0.6) is 0 Å². The Bertz CT molecular complexity index is 720. The van der Waals surface area contributed by atoms with Crippen LogP contribution in [0.1, 0.15) is 21.5 Å². The number of nitrogens with two attached hydrogens (primary N) is 1. The lowest BCUT2D eigenvalue weighted by molar-refractivity contribution is 0.102. The maximum Gasteiger partial charge on any atom is 0.257 e. The zero-order valence-electron chi connectivity index (χ0n) is 10.8. The highest BCUT2D eigenvalue weighted by molar-refractivity contribution is 6.08. The molecule has 20 heavy (non-hydrogen) atoms. The first kappa shape index (κ1) is 13.6. The molecule has 3 N–H and O–H groups in total. The van der Waals surface area contributed by atoms with Gasteiger partial charge in [0.15, 0.2) is 0 Å². The van der Waals surface area contributed by atoms with Crippen LogP contribution < -0.4 is 11.1 Å². The van der Waals surface area contributed by atoms with Crippen molar-refractivity contribution >= 4 is 17.3 Å². The molecule has 0 saturated heterocycles. The summed E-state index contributed by atoms with van der Waals surface area (Å²) in [5.41, 5.74) is 6.86. The van der Waals surface area contributed by atoms with Crippen molar-refractivity contribution in [1.82, 2.24) is 0 Å². The minimum atomic E-state index is -0.651. The lowest BCUT2D eigenvalue weighted by Crippen LogP contribution is -2.15. The summed E-state index contributed by atoms with van der Waals surface area (Å²) in [5.74, 6) is -1.20. The van der Waals surface area contributed by atoms with Gasteiger partial charge in [0.1, 0.15) is 11.9 Å². The van der Waals surface area contributed by atoms with E-state index in [1.807, 2.05) is 6.07 Å². The van der Waals surface area contributed by atoms with E-state index in [-0.39, 0.29) is 11.3 Å². The van der Waals surface area contributed by atoms with E-state index in [0.29, 0.717) is 11.3 Å². The highest BCUT2D eigenvalue weighted by Gasteiger charge is 2.14. The van der Waals surface area contributed by atoms with Crippen LogP contribution in [0.3, 0.4) is 0 Å². The van der Waals surface area contributed by atoms with Gasteiger partial charge in [-0.3, -0.25) is 4.79 Å². The van der Waals surface area contributed by atoms with E-state index in [4.69, 9.17) is 11.0 Å². The van der Waals surface area contributed by atoms with Crippen LogP contribution in [0.4, 0.5) is 15.8 Å². The molecule has 2 aromatic carbocycles. The zero-order valence-corrected chi connectivity index (χ0v) is 10.8. The number of anilines is 2. The van der Waals surface area contributed by atoms with Crippen LogP contribution in [-0.2, 0) is 0 Å². The minimum Gasteiger partial charge on any atom is -0.396 e. The van der Waals surface area contributed by atoms with Crippen LogP contribution in [0.2, 0.25) is 0 Å². The van der Waals surface area contributed by atoms with Crippen molar-refractivity contribution in [2.75, 3.05) is 11.1 Å². The smallest absolute Gasteiger partial charge is 0.257 e. The molecule has 4 nitrogen and oxygen atoms in total. The van der Waals surface area contributed by atoms with Crippen LogP contribution in [-0.4, -0.2) is 5.91 Å². The average molecular weight is 269 g/mol. The van der Waals surface area contributed by atoms with Crippen molar-refractivity contribution in [3.63, 3.8) is 0 Å². The normalized spacial score (nSPS) is 9.85. The van der Waals surface area contributed by atoms with Crippen LogP contribution >= 0.6 is 0 Å². The molecule has 0 spiro atoms. The quantitative estimate of drug-likeness (QED) is 0.823. The summed E-state index contributed by atoms with van der Waals surface area (Å²) in [7, 11) is 0. The van der Waals surface area contributed by atoms with Gasteiger partial charge in [0, 0.05) is 0 Å². The van der Waals surface area contributed by atoms with E-state index in [2.05, 4.69) is 5.32 Å². The Hall–Kier alpha value is -2.87. The van der Waals surface area contributed by atoms with Crippen LogP contribution in [0.15, 0.2) is 36.4 Å². The van der Waals surface area contributed by atoms with Crippen LogP contribution in [0, 0.1) is 24.1 Å². The molecule has 100 valence electrons. The van der Waals surface area contributed by atoms with Gasteiger partial charge in [0.25, 0.3) is 5.91 Å². The van der Waals surface area contributed by atoms with E-state index in [0.717, 1.165) is 5.56 Å². The highest BCUT2D eigenvalue weighted by atomic mass is 19.1. The predicted octanol–water partition coefficient (Wildman–Crippen LogP) is 2.84. The molecular formula is C15H12FN3O. The summed E-state index contributed by atoms with van der Waals surface area (Å²) in [4.78, 5) is 12.1. The number of halogens is 1. The standard InChI is InChI=1S/C15H12FN3O/c1-9-4-2-7-13(11(9)8-17)19-15(20)10-5-3-6-12(16)14(10)18/h2-7H,18H2,1H3,(H,19,20). The molecule has 0 unspecified atom stereocenters. The Kier molecular flexibility index (Phi) is 3.67. The summed E-state index contributed by atoms with van der Waals surface area (Å²) in [6, 6.07) is 11.1. The van der Waals surface area contributed by atoms with Crippen molar-refractivity contribution in [3.05, 3.63) is 58.9 Å². The van der Waals surface area contributed by atoms with Crippen molar-refractivity contribution < 1.29 is 9.18 Å². The first-order chi connectivity index (χ1) is 9.54. The molecule has 0 saturated carbocycles. The van der Waals surface area contributed by atoms with Crippen molar-refractivity contribution in [2.24, 2.45) is 0 Å². The molecule has 0 aliphatic heterocycles. The number of para-hydroxylation sites is 1. The van der Waals surface area contributed by atoms with Gasteiger partial charge < -0.3 is 11.1 Å². The van der Waals surface area contributed by atoms with Crippen molar-refractivity contribution in [2.45, 2.75) is 6.92 Å². The Labute approximate surface area is 115 Å². The molecule has 0 bridgehead atoms. The molecule has 2 aromatic rings. The fourth-order valence-corrected chi connectivity index (χ4v) is 1.85. The molecule has 5 heteroatoms. The van der Waals surface area contributed by atoms with E-state index < -0.39 is 11.7 Å². The number of carbonyl (C=O) groups is 1. The largest absolute Gasteiger partial charge is 0.396 e. The molecule has 0 fully saturated rings. The monoisotopic (exact) mass is 269 g/mol. The first-order valence-corrected chi connectivity index (χ1v) is 5.89. The molecule has 0 atom stereocenters. The highest BCUT2D eigenvalue weighted by Crippen LogP contribution is 2.21. The maximum atomic E-state index is 13.3. The lowest BCUT2D eigenvalue weighted by Gasteiger charge is -2.10. The molecule has 1 amide bonds. The third-order valence-corrected chi connectivity index (χ3v) is 2.93. The molecular weight excluding hydrogens is 257 g/mol. The summed E-state index contributed by atoms with van der Waals surface area (Å²) in [5, 5.41) is 11.7. The first-order valence-electron chi connectivity index (χ1n) is 5.89. The SMILES string of the molecule is Cc1cccc(NC(=O)c2cccc(F)c2N)c1C#N. The van der Waals surface area contributed by atoms with Gasteiger partial charge in [-0.05, 0) is 30.7 Å². The number of nitriles is 1. The lowest BCUT2D eigenvalue weighted by atomic mass is 10.1. The van der Waals surface area contributed by atoms with E-state index in [9.17, 15) is 9.18 Å². The zero-order chi connectivity index (χ0) is 14.7. The van der Waals surface area contributed by atoms with E-state index in [1.54, 1.807) is 25.1 Å². The second-order valence-electron chi connectivity index (χ2n) is 4.26. The Morgan fingerprint density at radius 1 is 1.30 bits per heavy atom. The number of hydrogen-bond acceptors (Lipinski definition) is 3. The van der Waals surface area contributed by atoms with Gasteiger partial charge >= 0.3 is 0 Å². The molecule has 0 radical (unpaired) electrons. The van der Waals surface area contributed by atoms with Gasteiger partial charge in [-0.2, -0.15) is 5.26 Å². The van der Waals surface area contributed by atoms with E-state index in [1.165, 1.54) is 18.2 Å². The average Bonchev–Trinajstić information content (AvgIpc) is 2.42. The van der Waals surface area contributed by atoms with Gasteiger partial charge in [-0.1, -0.05) is 18.2 Å². The van der Waals surface area contributed by atoms with E-state index >= 15 is 0 Å². The molecule has 0 aromatic heterocycles. The number of amides is 1. The number of aryl methyl sites for hydroxylation is 1. The minimum absolute atomic E-state index is 0.0374. The van der Waals surface area contributed by atoms with Gasteiger partial charge in [-0.15, -0.1) is 0 Å². The number of hydrogen-bond donors (Lipinski definition) is 2. The Balaban J connectivity index is 2.36. The maximum absolute atomic E-state index is 13.3. The van der Waals surface area contributed by atoms with Crippen LogP contribution in [0.25, 0.3) is 0 Å². The summed E-state index contributed by atoms with van der Waals surface area (Å²) >= 11 is 0. The third-order valence-electron chi connectivity index (χ3n) is 2.93. The fraction of sp³-hybridized carbons (Fsp3) is 0.0667.